The van der Waals surface area contributed by atoms with Gasteiger partial charge in [-0.25, -0.2) is 4.98 Å². The van der Waals surface area contributed by atoms with Gasteiger partial charge in [0.05, 0.1) is 10.5 Å². The van der Waals surface area contributed by atoms with Gasteiger partial charge in [0.1, 0.15) is 11.6 Å². The summed E-state index contributed by atoms with van der Waals surface area (Å²) in [6.45, 7) is 7.59. The van der Waals surface area contributed by atoms with Gasteiger partial charge in [-0.15, -0.1) is 0 Å². The Morgan fingerprint density at radius 3 is 2.70 bits per heavy atom. The predicted octanol–water partition coefficient (Wildman–Crippen LogP) is 2.75. The molecule has 0 saturated heterocycles. The number of amides is 1. The number of aromatic nitrogens is 2. The predicted molar refractivity (Wildman–Crippen MR) is 81.8 cm³/mol. The van der Waals surface area contributed by atoms with E-state index >= 15 is 0 Å². The van der Waals surface area contributed by atoms with Gasteiger partial charge in [0.15, 0.2) is 0 Å². The molecule has 1 unspecified atom stereocenters. The molecule has 6 heteroatoms. The Kier molecular flexibility index (Phi) is 3.65. The summed E-state index contributed by atoms with van der Waals surface area (Å²) in [7, 11) is 0. The zero-order valence-corrected chi connectivity index (χ0v) is 12.8. The van der Waals surface area contributed by atoms with Crippen LogP contribution in [0.5, 0.6) is 0 Å². The minimum absolute atomic E-state index is 0.108. The van der Waals surface area contributed by atoms with Crippen LogP contribution in [-0.4, -0.2) is 21.0 Å². The van der Waals surface area contributed by atoms with Gasteiger partial charge in [0.25, 0.3) is 0 Å². The molecule has 0 radical (unpaired) electrons. The highest BCUT2D eigenvalue weighted by Crippen LogP contribution is 2.28. The van der Waals surface area contributed by atoms with E-state index in [-0.39, 0.29) is 17.4 Å². The third-order valence-electron chi connectivity index (χ3n) is 2.96. The molecule has 0 saturated carbocycles. The summed E-state index contributed by atoms with van der Waals surface area (Å²) in [5.41, 5.74) is 7.01. The molecule has 0 spiro atoms. The fourth-order valence-electron chi connectivity index (χ4n) is 2.10. The van der Waals surface area contributed by atoms with Crippen molar-refractivity contribution < 1.29 is 4.79 Å². The van der Waals surface area contributed by atoms with Crippen molar-refractivity contribution in [2.24, 2.45) is 0 Å². The molecule has 0 fully saturated rings. The van der Waals surface area contributed by atoms with Crippen molar-refractivity contribution in [1.82, 2.24) is 14.9 Å². The fourth-order valence-corrected chi connectivity index (χ4v) is 2.31. The average molecular weight is 295 g/mol. The van der Waals surface area contributed by atoms with E-state index in [1.807, 2.05) is 32.9 Å². The van der Waals surface area contributed by atoms with Crippen LogP contribution in [0, 0.1) is 0 Å². The molecule has 2 rings (SSSR count). The number of nitrogen functional groups attached to an aromatic ring is 1. The molecular weight excluding hydrogens is 276 g/mol. The Morgan fingerprint density at radius 1 is 1.45 bits per heavy atom. The molecule has 5 nitrogen and oxygen atoms in total. The second kappa shape index (κ2) is 4.98. The summed E-state index contributed by atoms with van der Waals surface area (Å²) in [4.78, 5) is 16.5. The van der Waals surface area contributed by atoms with E-state index in [0.717, 1.165) is 5.52 Å². The van der Waals surface area contributed by atoms with E-state index < -0.39 is 6.04 Å². The number of imidazole rings is 1. The highest BCUT2D eigenvalue weighted by molar-refractivity contribution is 6.35. The van der Waals surface area contributed by atoms with Gasteiger partial charge in [0, 0.05) is 5.54 Å². The van der Waals surface area contributed by atoms with Crippen molar-refractivity contribution in [3.8, 4) is 0 Å². The van der Waals surface area contributed by atoms with Crippen LogP contribution in [0.15, 0.2) is 18.2 Å². The Bertz CT molecular complexity index is 657. The summed E-state index contributed by atoms with van der Waals surface area (Å²) >= 11 is 6.10. The maximum atomic E-state index is 12.3. The van der Waals surface area contributed by atoms with E-state index in [0.29, 0.717) is 10.5 Å². The van der Waals surface area contributed by atoms with Crippen molar-refractivity contribution in [2.45, 2.75) is 39.3 Å². The number of hydrogen-bond acceptors (Lipinski definition) is 3. The van der Waals surface area contributed by atoms with Gasteiger partial charge in [-0.2, -0.15) is 0 Å². The first-order valence-electron chi connectivity index (χ1n) is 6.44. The third-order valence-corrected chi connectivity index (χ3v) is 3.27. The summed E-state index contributed by atoms with van der Waals surface area (Å²) in [5.74, 6) is 0.174. The van der Waals surface area contributed by atoms with Gasteiger partial charge in [0.2, 0.25) is 11.9 Å². The van der Waals surface area contributed by atoms with Crippen LogP contribution in [0.2, 0.25) is 5.02 Å². The molecule has 1 aromatic carbocycles. The molecule has 0 aliphatic heterocycles. The van der Waals surface area contributed by atoms with Crippen LogP contribution in [0.3, 0.4) is 0 Å². The number of para-hydroxylation sites is 1. The topological polar surface area (TPSA) is 72.9 Å². The molecule has 1 amide bonds. The highest BCUT2D eigenvalue weighted by atomic mass is 35.5. The number of nitrogens with one attached hydrogen (secondary N) is 1. The van der Waals surface area contributed by atoms with Crippen molar-refractivity contribution in [1.29, 1.82) is 0 Å². The standard InChI is InChI=1S/C14H19ClN4O/c1-8(12(20)18-14(2,3)4)19-10-7-5-6-9(15)11(10)17-13(19)16/h5-8H,1-4H3,(H2,16,17)(H,18,20). The Labute approximate surface area is 123 Å². The summed E-state index contributed by atoms with van der Waals surface area (Å²) < 4.78 is 1.70. The molecule has 0 bridgehead atoms. The SMILES string of the molecule is CC(C(=O)NC(C)(C)C)n1c(N)nc2c(Cl)cccc21. The summed E-state index contributed by atoms with van der Waals surface area (Å²) in [6, 6.07) is 4.96. The van der Waals surface area contributed by atoms with Crippen molar-refractivity contribution in [3.63, 3.8) is 0 Å². The number of benzene rings is 1. The number of halogens is 1. The van der Waals surface area contributed by atoms with E-state index in [9.17, 15) is 4.79 Å². The monoisotopic (exact) mass is 294 g/mol. The van der Waals surface area contributed by atoms with Crippen LogP contribution in [0.1, 0.15) is 33.7 Å². The van der Waals surface area contributed by atoms with Gasteiger partial charge >= 0.3 is 0 Å². The smallest absolute Gasteiger partial charge is 0.243 e. The van der Waals surface area contributed by atoms with Crippen LogP contribution < -0.4 is 11.1 Å². The number of rotatable bonds is 2. The first kappa shape index (κ1) is 14.7. The lowest BCUT2D eigenvalue weighted by molar-refractivity contribution is -0.125. The van der Waals surface area contributed by atoms with E-state index in [2.05, 4.69) is 10.3 Å². The normalized spacial score (nSPS) is 13.4. The fraction of sp³-hybridized carbons (Fsp3) is 0.429. The second-order valence-corrected chi connectivity index (χ2v) is 6.27. The van der Waals surface area contributed by atoms with Gasteiger partial charge in [-0.1, -0.05) is 17.7 Å². The number of nitrogens with zero attached hydrogens (tertiary/aromatic N) is 2. The van der Waals surface area contributed by atoms with Crippen LogP contribution >= 0.6 is 11.6 Å². The van der Waals surface area contributed by atoms with Crippen LogP contribution in [0.4, 0.5) is 5.95 Å². The zero-order valence-electron chi connectivity index (χ0n) is 12.1. The van der Waals surface area contributed by atoms with Gasteiger partial charge < -0.3 is 11.1 Å². The average Bonchev–Trinajstić information content (AvgIpc) is 2.64. The highest BCUT2D eigenvalue weighted by Gasteiger charge is 2.24. The molecule has 1 heterocycles. The lowest BCUT2D eigenvalue weighted by atomic mass is 10.1. The maximum absolute atomic E-state index is 12.3. The van der Waals surface area contributed by atoms with Crippen molar-refractivity contribution in [3.05, 3.63) is 23.2 Å². The number of anilines is 1. The van der Waals surface area contributed by atoms with Crippen LogP contribution in [-0.2, 0) is 4.79 Å². The van der Waals surface area contributed by atoms with Gasteiger partial charge in [-0.05, 0) is 39.8 Å². The molecular formula is C14H19ClN4O. The lowest BCUT2D eigenvalue weighted by Crippen LogP contribution is -2.43. The molecule has 0 aliphatic carbocycles. The Hall–Kier alpha value is -1.75. The molecule has 108 valence electrons. The first-order chi connectivity index (χ1) is 9.20. The Morgan fingerprint density at radius 2 is 2.10 bits per heavy atom. The minimum atomic E-state index is -0.460. The van der Waals surface area contributed by atoms with E-state index in [1.54, 1.807) is 17.6 Å². The minimum Gasteiger partial charge on any atom is -0.369 e. The molecule has 3 N–H and O–H groups in total. The number of nitrogens with two attached hydrogens (primary N) is 1. The van der Waals surface area contributed by atoms with Crippen molar-refractivity contribution >= 4 is 34.5 Å². The summed E-state index contributed by atoms with van der Waals surface area (Å²) in [6.07, 6.45) is 0. The largest absolute Gasteiger partial charge is 0.369 e. The number of carbonyl (C=O) groups is 1. The number of hydrogen-bond donors (Lipinski definition) is 2. The molecule has 2 aromatic rings. The molecule has 1 aromatic heterocycles. The van der Waals surface area contributed by atoms with Crippen LogP contribution in [0.25, 0.3) is 11.0 Å². The molecule has 1 atom stereocenters. The van der Waals surface area contributed by atoms with Gasteiger partial charge in [-0.3, -0.25) is 9.36 Å². The van der Waals surface area contributed by atoms with E-state index in [4.69, 9.17) is 17.3 Å². The lowest BCUT2D eigenvalue weighted by Gasteiger charge is -2.24. The third kappa shape index (κ3) is 2.72. The molecule has 20 heavy (non-hydrogen) atoms. The number of carbonyl (C=O) groups excluding carboxylic acids is 1. The maximum Gasteiger partial charge on any atom is 0.243 e. The van der Waals surface area contributed by atoms with Crippen molar-refractivity contribution in [2.75, 3.05) is 5.73 Å². The quantitative estimate of drug-likeness (QED) is 0.894. The number of fused-ring (bicyclic) bond motifs is 1. The molecule has 0 aliphatic rings. The second-order valence-electron chi connectivity index (χ2n) is 5.86. The first-order valence-corrected chi connectivity index (χ1v) is 6.82. The van der Waals surface area contributed by atoms with E-state index in [1.165, 1.54) is 0 Å². The Balaban J connectivity index is 2.45. The zero-order chi connectivity index (χ0) is 15.1. The summed E-state index contributed by atoms with van der Waals surface area (Å²) in [5, 5.41) is 3.46.